The number of anilines is 2. The fraction of sp³-hybridized carbons (Fsp3) is 0.615. The highest BCUT2D eigenvalue weighted by atomic mass is 35.5. The number of nitrogens with zero attached hydrogens (tertiary/aromatic N) is 2. The van der Waals surface area contributed by atoms with Crippen LogP contribution in [0.4, 0.5) is 11.5 Å². The number of piperidine rings is 1. The lowest BCUT2D eigenvalue weighted by Gasteiger charge is -2.36. The Kier molecular flexibility index (Phi) is 8.01. The lowest BCUT2D eigenvalue weighted by atomic mass is 9.93. The monoisotopic (exact) mass is 323 g/mol. The summed E-state index contributed by atoms with van der Waals surface area (Å²) >= 11 is 0. The van der Waals surface area contributed by atoms with Gasteiger partial charge in [0.15, 0.2) is 0 Å². The van der Waals surface area contributed by atoms with Crippen molar-refractivity contribution in [2.75, 3.05) is 30.8 Å². The predicted molar refractivity (Wildman–Crippen MR) is 86.3 cm³/mol. The highest BCUT2D eigenvalue weighted by Crippen LogP contribution is 2.32. The van der Waals surface area contributed by atoms with E-state index in [0.717, 1.165) is 37.4 Å². The van der Waals surface area contributed by atoms with Crippen LogP contribution in [0.2, 0.25) is 0 Å². The van der Waals surface area contributed by atoms with Gasteiger partial charge in [-0.05, 0) is 19.8 Å². The van der Waals surface area contributed by atoms with E-state index in [0.29, 0.717) is 11.7 Å². The molecule has 0 aliphatic carbocycles. The number of aliphatic hydroxyl groups excluding tert-OH is 1. The van der Waals surface area contributed by atoms with Crippen molar-refractivity contribution in [2.24, 2.45) is 5.92 Å². The summed E-state index contributed by atoms with van der Waals surface area (Å²) in [5.74, 6) is 1.51. The van der Waals surface area contributed by atoms with Gasteiger partial charge in [-0.2, -0.15) is 0 Å². The van der Waals surface area contributed by atoms with Gasteiger partial charge in [0.25, 0.3) is 0 Å². The topological polar surface area (TPSA) is 71.6 Å². The van der Waals surface area contributed by atoms with Gasteiger partial charge < -0.3 is 20.5 Å². The molecule has 0 spiro atoms. The summed E-state index contributed by atoms with van der Waals surface area (Å²) in [6.07, 6.45) is 3.61. The second kappa shape index (κ2) is 8.39. The number of hydrogen-bond acceptors (Lipinski definition) is 5. The van der Waals surface area contributed by atoms with Gasteiger partial charge in [0.05, 0.1) is 25.1 Å². The summed E-state index contributed by atoms with van der Waals surface area (Å²) in [5.41, 5.74) is 6.61. The quantitative estimate of drug-likeness (QED) is 0.891. The van der Waals surface area contributed by atoms with Gasteiger partial charge in [-0.3, -0.25) is 0 Å². The van der Waals surface area contributed by atoms with Crippen molar-refractivity contribution < 1.29 is 9.84 Å². The number of aliphatic hydroxyl groups is 1. The summed E-state index contributed by atoms with van der Waals surface area (Å²) in [4.78, 5) is 6.34. The minimum atomic E-state index is -0.277. The van der Waals surface area contributed by atoms with Crippen molar-refractivity contribution in [2.45, 2.75) is 25.9 Å². The number of methoxy groups -OCH3 is 1. The average molecular weight is 324 g/mol. The molecule has 2 heterocycles. The molecule has 1 aliphatic rings. The Bertz CT molecular complexity index is 419. The van der Waals surface area contributed by atoms with E-state index in [4.69, 9.17) is 10.5 Å². The summed E-state index contributed by atoms with van der Waals surface area (Å²) in [7, 11) is 1.63. The van der Waals surface area contributed by atoms with Crippen LogP contribution >= 0.6 is 24.8 Å². The number of nitrogens with two attached hydrogens (primary N) is 1. The zero-order valence-electron chi connectivity index (χ0n) is 11.8. The largest absolute Gasteiger partial charge is 0.494 e. The number of pyridine rings is 1. The first-order valence-electron chi connectivity index (χ1n) is 6.34. The molecule has 1 aromatic heterocycles. The Labute approximate surface area is 132 Å². The Morgan fingerprint density at radius 2 is 2.20 bits per heavy atom. The molecule has 7 heteroatoms. The summed E-state index contributed by atoms with van der Waals surface area (Å²) in [6.45, 7) is 3.65. The van der Waals surface area contributed by atoms with E-state index in [1.807, 2.05) is 6.92 Å². The van der Waals surface area contributed by atoms with Crippen LogP contribution in [0.5, 0.6) is 5.75 Å². The van der Waals surface area contributed by atoms with E-state index in [1.54, 1.807) is 19.4 Å². The molecular weight excluding hydrogens is 301 g/mol. The van der Waals surface area contributed by atoms with Gasteiger partial charge in [-0.25, -0.2) is 4.98 Å². The molecule has 2 rings (SSSR count). The van der Waals surface area contributed by atoms with Crippen LogP contribution in [-0.4, -0.2) is 36.4 Å². The van der Waals surface area contributed by atoms with E-state index >= 15 is 0 Å². The Balaban J connectivity index is 0.00000180. The maximum Gasteiger partial charge on any atom is 0.147 e. The molecule has 0 unspecified atom stereocenters. The van der Waals surface area contributed by atoms with E-state index in [1.165, 1.54) is 0 Å². The molecule has 20 heavy (non-hydrogen) atoms. The lowest BCUT2D eigenvalue weighted by Crippen LogP contribution is -2.39. The predicted octanol–water partition coefficient (Wildman–Crippen LogP) is 2.11. The lowest BCUT2D eigenvalue weighted by molar-refractivity contribution is 0.115. The third-order valence-electron chi connectivity index (χ3n) is 3.57. The maximum absolute atomic E-state index is 9.72. The number of ether oxygens (including phenoxy) is 1. The zero-order valence-corrected chi connectivity index (χ0v) is 13.4. The molecule has 0 bridgehead atoms. The molecule has 2 atom stereocenters. The van der Waals surface area contributed by atoms with Gasteiger partial charge >= 0.3 is 0 Å². The highest BCUT2D eigenvalue weighted by Gasteiger charge is 2.25. The first kappa shape index (κ1) is 19.1. The molecule has 1 fully saturated rings. The van der Waals surface area contributed by atoms with Crippen molar-refractivity contribution in [1.82, 2.24) is 4.98 Å². The molecule has 1 saturated heterocycles. The number of aromatic nitrogens is 1. The molecule has 5 nitrogen and oxygen atoms in total. The minimum absolute atomic E-state index is 0. The normalized spacial score (nSPS) is 19.6. The van der Waals surface area contributed by atoms with Crippen molar-refractivity contribution >= 4 is 36.3 Å². The first-order valence-corrected chi connectivity index (χ1v) is 6.34. The zero-order chi connectivity index (χ0) is 13.1. The third-order valence-corrected chi connectivity index (χ3v) is 3.57. The van der Waals surface area contributed by atoms with E-state index in [2.05, 4.69) is 9.88 Å². The standard InChI is InChI=1S/C13H21N3O2.2ClH/c1-9(17)10-4-3-5-16(8-10)11-7-15-13(14)6-12(11)18-2;;/h6-7,9-10,17H,3-5,8H2,1-2H3,(H2,14,15);2*1H/t9-,10-;;/m1../s1. The molecule has 116 valence electrons. The fourth-order valence-electron chi connectivity index (χ4n) is 2.47. The molecule has 0 amide bonds. The first-order chi connectivity index (χ1) is 8.61. The van der Waals surface area contributed by atoms with Crippen LogP contribution in [0.3, 0.4) is 0 Å². The summed E-state index contributed by atoms with van der Waals surface area (Å²) < 4.78 is 5.35. The van der Waals surface area contributed by atoms with Crippen LogP contribution in [0, 0.1) is 5.92 Å². The molecule has 3 N–H and O–H groups in total. The Morgan fingerprint density at radius 3 is 2.80 bits per heavy atom. The van der Waals surface area contributed by atoms with Crippen molar-refractivity contribution in [1.29, 1.82) is 0 Å². The minimum Gasteiger partial charge on any atom is -0.494 e. The van der Waals surface area contributed by atoms with Crippen molar-refractivity contribution in [3.63, 3.8) is 0 Å². The summed E-state index contributed by atoms with van der Waals surface area (Å²) in [5, 5.41) is 9.72. The summed E-state index contributed by atoms with van der Waals surface area (Å²) in [6, 6.07) is 1.74. The smallest absolute Gasteiger partial charge is 0.147 e. The van der Waals surface area contributed by atoms with Gasteiger partial charge in [-0.1, -0.05) is 0 Å². The van der Waals surface area contributed by atoms with Crippen LogP contribution < -0.4 is 15.4 Å². The van der Waals surface area contributed by atoms with E-state index in [9.17, 15) is 5.11 Å². The molecule has 0 aromatic carbocycles. The molecule has 1 aliphatic heterocycles. The molecule has 0 radical (unpaired) electrons. The molecule has 1 aromatic rings. The van der Waals surface area contributed by atoms with Crippen LogP contribution in [0.1, 0.15) is 19.8 Å². The van der Waals surface area contributed by atoms with Gasteiger partial charge in [-0.15, -0.1) is 24.8 Å². The van der Waals surface area contributed by atoms with Gasteiger partial charge in [0, 0.05) is 25.1 Å². The number of hydrogen-bond donors (Lipinski definition) is 2. The van der Waals surface area contributed by atoms with Gasteiger partial charge in [0.2, 0.25) is 0 Å². The van der Waals surface area contributed by atoms with Gasteiger partial charge in [0.1, 0.15) is 11.6 Å². The van der Waals surface area contributed by atoms with Crippen LogP contribution in [-0.2, 0) is 0 Å². The Hall–Kier alpha value is -0.910. The SMILES string of the molecule is COc1cc(N)ncc1N1CCC[C@@H]([C@@H](C)O)C1.Cl.Cl. The number of halogens is 2. The average Bonchev–Trinajstić information content (AvgIpc) is 2.38. The van der Waals surface area contributed by atoms with Crippen LogP contribution in [0.15, 0.2) is 12.3 Å². The van der Waals surface area contributed by atoms with Crippen molar-refractivity contribution in [3.8, 4) is 5.75 Å². The second-order valence-corrected chi connectivity index (χ2v) is 4.87. The third kappa shape index (κ3) is 4.30. The number of rotatable bonds is 3. The molecule has 0 saturated carbocycles. The number of nitrogen functional groups attached to an aromatic ring is 1. The maximum atomic E-state index is 9.72. The highest BCUT2D eigenvalue weighted by molar-refractivity contribution is 5.85. The Morgan fingerprint density at radius 1 is 1.50 bits per heavy atom. The van der Waals surface area contributed by atoms with E-state index in [-0.39, 0.29) is 30.9 Å². The van der Waals surface area contributed by atoms with Crippen LogP contribution in [0.25, 0.3) is 0 Å². The van der Waals surface area contributed by atoms with Crippen molar-refractivity contribution in [3.05, 3.63) is 12.3 Å². The molecular formula is C13H23Cl2N3O2. The van der Waals surface area contributed by atoms with E-state index < -0.39 is 0 Å². The fourth-order valence-corrected chi connectivity index (χ4v) is 2.47. The second-order valence-electron chi connectivity index (χ2n) is 4.87.